The number of alkyl halides is 3. The number of anilines is 1. The second-order valence-corrected chi connectivity index (χ2v) is 4.73. The topological polar surface area (TPSA) is 38.3 Å². The Labute approximate surface area is 117 Å². The molecule has 1 aromatic rings. The van der Waals surface area contributed by atoms with Crippen LogP contribution < -0.4 is 5.32 Å². The average molecular weight is 340 g/mol. The number of carbonyl (C=O) groups excluding carboxylic acids is 1. The number of methoxy groups -OCH3 is 1. The Morgan fingerprint density at radius 1 is 1.47 bits per heavy atom. The quantitative estimate of drug-likeness (QED) is 0.847. The molecule has 1 unspecified atom stereocenters. The minimum Gasteiger partial charge on any atom is -0.467 e. The van der Waals surface area contributed by atoms with Crippen LogP contribution in [0.1, 0.15) is 18.9 Å². The molecular weight excluding hydrogens is 327 g/mol. The second kappa shape index (κ2) is 6.27. The number of carbonyl (C=O) groups is 1. The fourth-order valence-corrected chi connectivity index (χ4v) is 1.90. The van der Waals surface area contributed by atoms with E-state index in [2.05, 4.69) is 26.0 Å². The number of esters is 1. The molecule has 0 aliphatic carbocycles. The number of rotatable bonds is 4. The number of ether oxygens (including phenoxy) is 1. The van der Waals surface area contributed by atoms with E-state index in [1.165, 1.54) is 19.2 Å². The van der Waals surface area contributed by atoms with Crippen molar-refractivity contribution in [3.05, 3.63) is 28.2 Å². The zero-order valence-electron chi connectivity index (χ0n) is 10.3. The van der Waals surface area contributed by atoms with Gasteiger partial charge < -0.3 is 10.1 Å². The summed E-state index contributed by atoms with van der Waals surface area (Å²) in [6.45, 7) is 1.68. The third-order valence-corrected chi connectivity index (χ3v) is 3.00. The van der Waals surface area contributed by atoms with Gasteiger partial charge in [-0.05, 0) is 24.6 Å². The molecule has 0 heterocycles. The SMILES string of the molecule is CCC(Nc1ccc(Br)cc1C(F)(F)F)C(=O)OC. The van der Waals surface area contributed by atoms with Crippen LogP contribution in [-0.4, -0.2) is 19.1 Å². The van der Waals surface area contributed by atoms with Crippen molar-refractivity contribution in [1.82, 2.24) is 0 Å². The molecule has 1 N–H and O–H groups in total. The molecule has 19 heavy (non-hydrogen) atoms. The van der Waals surface area contributed by atoms with E-state index in [4.69, 9.17) is 0 Å². The van der Waals surface area contributed by atoms with Gasteiger partial charge in [0.15, 0.2) is 0 Å². The van der Waals surface area contributed by atoms with E-state index in [1.807, 2.05) is 0 Å². The largest absolute Gasteiger partial charge is 0.467 e. The maximum Gasteiger partial charge on any atom is 0.418 e. The summed E-state index contributed by atoms with van der Waals surface area (Å²) in [4.78, 5) is 11.4. The molecule has 0 bridgehead atoms. The Balaban J connectivity index is 3.10. The summed E-state index contributed by atoms with van der Waals surface area (Å²) in [6.07, 6.45) is -4.18. The van der Waals surface area contributed by atoms with E-state index >= 15 is 0 Å². The zero-order valence-corrected chi connectivity index (χ0v) is 11.9. The van der Waals surface area contributed by atoms with E-state index in [-0.39, 0.29) is 5.69 Å². The minimum atomic E-state index is -4.50. The van der Waals surface area contributed by atoms with E-state index in [0.29, 0.717) is 10.9 Å². The molecule has 1 atom stereocenters. The lowest BCUT2D eigenvalue weighted by Crippen LogP contribution is -2.30. The van der Waals surface area contributed by atoms with E-state index in [9.17, 15) is 18.0 Å². The van der Waals surface area contributed by atoms with Crippen LogP contribution in [0.25, 0.3) is 0 Å². The number of hydrogen-bond donors (Lipinski definition) is 1. The molecule has 0 radical (unpaired) electrons. The van der Waals surface area contributed by atoms with Crippen molar-refractivity contribution < 1.29 is 22.7 Å². The highest BCUT2D eigenvalue weighted by atomic mass is 79.9. The third kappa shape index (κ3) is 4.12. The summed E-state index contributed by atoms with van der Waals surface area (Å²) in [5.74, 6) is -0.599. The predicted molar refractivity (Wildman–Crippen MR) is 68.9 cm³/mol. The van der Waals surface area contributed by atoms with Crippen LogP contribution in [0.5, 0.6) is 0 Å². The molecule has 106 valence electrons. The molecule has 1 aromatic carbocycles. The molecular formula is C12H13BrF3NO2. The fourth-order valence-electron chi connectivity index (χ4n) is 1.53. The van der Waals surface area contributed by atoms with Crippen LogP contribution in [0.15, 0.2) is 22.7 Å². The summed E-state index contributed by atoms with van der Waals surface area (Å²) in [6, 6.07) is 2.90. The number of halogens is 4. The Hall–Kier alpha value is -1.24. The number of hydrogen-bond acceptors (Lipinski definition) is 3. The Morgan fingerprint density at radius 3 is 2.58 bits per heavy atom. The molecule has 3 nitrogen and oxygen atoms in total. The minimum absolute atomic E-state index is 0.145. The van der Waals surface area contributed by atoms with Crippen LogP contribution in [-0.2, 0) is 15.7 Å². The Morgan fingerprint density at radius 2 is 2.11 bits per heavy atom. The Bertz CT molecular complexity index is 463. The van der Waals surface area contributed by atoms with Crippen molar-refractivity contribution in [2.45, 2.75) is 25.6 Å². The van der Waals surface area contributed by atoms with Crippen molar-refractivity contribution in [3.63, 3.8) is 0 Å². The summed E-state index contributed by atoms with van der Waals surface area (Å²) in [5, 5.41) is 2.57. The highest BCUT2D eigenvalue weighted by molar-refractivity contribution is 9.10. The van der Waals surface area contributed by atoms with E-state index in [0.717, 1.165) is 6.07 Å². The van der Waals surface area contributed by atoms with Gasteiger partial charge in [0.05, 0.1) is 12.7 Å². The maximum absolute atomic E-state index is 12.9. The molecule has 7 heteroatoms. The zero-order chi connectivity index (χ0) is 14.6. The monoisotopic (exact) mass is 339 g/mol. The molecule has 0 aromatic heterocycles. The van der Waals surface area contributed by atoms with E-state index in [1.54, 1.807) is 6.92 Å². The molecule has 0 aliphatic rings. The smallest absolute Gasteiger partial charge is 0.418 e. The first kappa shape index (κ1) is 15.8. The van der Waals surface area contributed by atoms with Crippen LogP contribution in [0.4, 0.5) is 18.9 Å². The fraction of sp³-hybridized carbons (Fsp3) is 0.417. The maximum atomic E-state index is 12.9. The predicted octanol–water partition coefficient (Wildman–Crippen LogP) is 3.83. The van der Waals surface area contributed by atoms with Gasteiger partial charge in [-0.1, -0.05) is 22.9 Å². The molecule has 0 amide bonds. The van der Waals surface area contributed by atoms with Crippen LogP contribution in [0, 0.1) is 0 Å². The molecule has 0 aliphatic heterocycles. The summed E-state index contributed by atoms with van der Waals surface area (Å²) < 4.78 is 43.5. The lowest BCUT2D eigenvalue weighted by molar-refractivity contribution is -0.142. The second-order valence-electron chi connectivity index (χ2n) is 3.82. The number of benzene rings is 1. The summed E-state index contributed by atoms with van der Waals surface area (Å²) in [7, 11) is 1.19. The van der Waals surface area contributed by atoms with Gasteiger partial charge in [0, 0.05) is 10.2 Å². The summed E-state index contributed by atoms with van der Waals surface area (Å²) in [5.41, 5.74) is -0.975. The van der Waals surface area contributed by atoms with Gasteiger partial charge in [-0.3, -0.25) is 0 Å². The van der Waals surface area contributed by atoms with Crippen LogP contribution in [0.2, 0.25) is 0 Å². The highest BCUT2D eigenvalue weighted by Gasteiger charge is 2.34. The first-order valence-electron chi connectivity index (χ1n) is 5.50. The van der Waals surface area contributed by atoms with Gasteiger partial charge in [0.1, 0.15) is 6.04 Å². The van der Waals surface area contributed by atoms with Gasteiger partial charge in [0.25, 0.3) is 0 Å². The third-order valence-electron chi connectivity index (χ3n) is 2.51. The van der Waals surface area contributed by atoms with E-state index < -0.39 is 23.8 Å². The lowest BCUT2D eigenvalue weighted by Gasteiger charge is -2.19. The van der Waals surface area contributed by atoms with Gasteiger partial charge in [-0.15, -0.1) is 0 Å². The molecule has 0 saturated heterocycles. The van der Waals surface area contributed by atoms with Gasteiger partial charge in [-0.25, -0.2) is 4.79 Å². The van der Waals surface area contributed by atoms with Crippen molar-refractivity contribution in [2.24, 2.45) is 0 Å². The lowest BCUT2D eigenvalue weighted by atomic mass is 10.1. The summed E-state index contributed by atoms with van der Waals surface area (Å²) >= 11 is 3.00. The van der Waals surface area contributed by atoms with Crippen molar-refractivity contribution in [2.75, 3.05) is 12.4 Å². The van der Waals surface area contributed by atoms with Crippen molar-refractivity contribution in [3.8, 4) is 0 Å². The van der Waals surface area contributed by atoms with Crippen LogP contribution >= 0.6 is 15.9 Å². The van der Waals surface area contributed by atoms with Gasteiger partial charge in [0.2, 0.25) is 0 Å². The average Bonchev–Trinajstić information content (AvgIpc) is 2.35. The highest BCUT2D eigenvalue weighted by Crippen LogP contribution is 2.36. The standard InChI is InChI=1S/C12H13BrF3NO2/c1-3-9(11(18)19-2)17-10-5-4-7(13)6-8(10)12(14,15)16/h4-6,9,17H,3H2,1-2H3. The molecule has 0 saturated carbocycles. The van der Waals surface area contributed by atoms with Crippen molar-refractivity contribution in [1.29, 1.82) is 0 Å². The Kier molecular flexibility index (Phi) is 5.22. The first-order chi connectivity index (χ1) is 8.79. The normalized spacial score (nSPS) is 12.9. The molecule has 0 spiro atoms. The molecule has 1 rings (SSSR count). The number of nitrogens with one attached hydrogen (secondary N) is 1. The van der Waals surface area contributed by atoms with Crippen LogP contribution in [0.3, 0.4) is 0 Å². The van der Waals surface area contributed by atoms with Crippen molar-refractivity contribution >= 4 is 27.6 Å². The van der Waals surface area contributed by atoms with Gasteiger partial charge >= 0.3 is 12.1 Å². The van der Waals surface area contributed by atoms with Gasteiger partial charge in [-0.2, -0.15) is 13.2 Å². The molecule has 0 fully saturated rings. The first-order valence-corrected chi connectivity index (χ1v) is 6.30.